The number of carbonyl (C=O) groups is 1. The Morgan fingerprint density at radius 1 is 1.14 bits per heavy atom. The summed E-state index contributed by atoms with van der Waals surface area (Å²) in [6, 6.07) is 14.9. The number of amides is 1. The van der Waals surface area contributed by atoms with Gasteiger partial charge >= 0.3 is 6.09 Å². The maximum absolute atomic E-state index is 13.4. The summed E-state index contributed by atoms with van der Waals surface area (Å²) in [6.07, 6.45) is 5.93. The maximum atomic E-state index is 13.4. The van der Waals surface area contributed by atoms with E-state index in [4.69, 9.17) is 26.2 Å². The highest BCUT2D eigenvalue weighted by Gasteiger charge is 2.35. The number of fused-ring (bicyclic) bond motifs is 3. The number of aromatic amines is 1. The second-order valence-corrected chi connectivity index (χ2v) is 9.55. The van der Waals surface area contributed by atoms with Gasteiger partial charge in [0.05, 0.1) is 12.0 Å². The highest BCUT2D eigenvalue weighted by molar-refractivity contribution is 6.24. The van der Waals surface area contributed by atoms with Crippen molar-refractivity contribution in [1.29, 1.82) is 0 Å². The van der Waals surface area contributed by atoms with Gasteiger partial charge in [0.1, 0.15) is 17.5 Å². The number of aryl methyl sites for hydroxylation is 1. The maximum Gasteiger partial charge on any atom is 0.416 e. The Morgan fingerprint density at radius 3 is 2.63 bits per heavy atom. The number of rotatable bonds is 6. The number of hydrogen-bond donors (Lipinski definition) is 2. The van der Waals surface area contributed by atoms with Crippen molar-refractivity contribution in [3.63, 3.8) is 0 Å². The van der Waals surface area contributed by atoms with E-state index >= 15 is 0 Å². The predicted octanol–water partition coefficient (Wildman–Crippen LogP) is 3.80. The average Bonchev–Trinajstić information content (AvgIpc) is 3.23. The lowest BCUT2D eigenvalue weighted by molar-refractivity contribution is 0.135. The Hall–Kier alpha value is -3.22. The lowest BCUT2D eigenvalue weighted by atomic mass is 9.92. The Bertz CT molecular complexity index is 1310. The number of ether oxygens (including phenoxy) is 2. The van der Waals surface area contributed by atoms with Gasteiger partial charge in [0.25, 0.3) is 0 Å². The molecule has 5 rings (SSSR count). The zero-order valence-corrected chi connectivity index (χ0v) is 20.4. The molecule has 2 N–H and O–H groups in total. The van der Waals surface area contributed by atoms with E-state index in [9.17, 15) is 4.79 Å². The van der Waals surface area contributed by atoms with Gasteiger partial charge in [0.2, 0.25) is 0 Å². The minimum absolute atomic E-state index is 0.0271. The molecule has 2 heterocycles. The molecule has 2 atom stereocenters. The Balaban J connectivity index is 1.50. The summed E-state index contributed by atoms with van der Waals surface area (Å²) in [5.74, 6) is 1.25. The molecular formula is C28H29ClN2O4. The second kappa shape index (κ2) is 10.2. The van der Waals surface area contributed by atoms with Crippen LogP contribution >= 0.6 is 11.6 Å². The molecule has 6 nitrogen and oxygen atoms in total. The minimum Gasteiger partial charge on any atom is -0.494 e. The number of H-pyrrole nitrogens is 1. The van der Waals surface area contributed by atoms with Crippen LogP contribution in [0.15, 0.2) is 48.5 Å². The molecule has 0 bridgehead atoms. The molecule has 1 aliphatic heterocycles. The van der Waals surface area contributed by atoms with Gasteiger partial charge in [-0.1, -0.05) is 42.0 Å². The van der Waals surface area contributed by atoms with Crippen molar-refractivity contribution in [3.8, 4) is 11.5 Å². The molecule has 0 saturated heterocycles. The van der Waals surface area contributed by atoms with Gasteiger partial charge in [0, 0.05) is 35.8 Å². The van der Waals surface area contributed by atoms with Gasteiger partial charge in [-0.3, -0.25) is 4.90 Å². The number of aliphatic hydroxyl groups excluding tert-OH is 1. The van der Waals surface area contributed by atoms with Crippen LogP contribution in [0, 0.1) is 6.92 Å². The van der Waals surface area contributed by atoms with Crippen LogP contribution in [-0.4, -0.2) is 46.2 Å². The number of carbonyl (C=O) groups excluding carboxylic acids is 1. The number of aliphatic hydroxyl groups is 1. The van der Waals surface area contributed by atoms with Gasteiger partial charge in [-0.25, -0.2) is 4.79 Å². The summed E-state index contributed by atoms with van der Waals surface area (Å²) in [6.45, 7) is 3.07. The Kier molecular flexibility index (Phi) is 6.84. The topological polar surface area (TPSA) is 74.8 Å². The fourth-order valence-electron chi connectivity index (χ4n) is 4.76. The first-order chi connectivity index (χ1) is 17.0. The molecule has 0 saturated carbocycles. The summed E-state index contributed by atoms with van der Waals surface area (Å²) >= 11 is 6.43. The van der Waals surface area contributed by atoms with Crippen molar-refractivity contribution in [2.45, 2.75) is 37.6 Å². The molecule has 35 heavy (non-hydrogen) atoms. The van der Waals surface area contributed by atoms with Gasteiger partial charge in [-0.15, -0.1) is 11.6 Å². The first-order valence-corrected chi connectivity index (χ1v) is 12.4. The van der Waals surface area contributed by atoms with E-state index in [0.717, 1.165) is 46.0 Å². The summed E-state index contributed by atoms with van der Waals surface area (Å²) in [5.41, 5.74) is 4.26. The zero-order chi connectivity index (χ0) is 24.4. The predicted molar refractivity (Wildman–Crippen MR) is 136 cm³/mol. The number of nitrogens with zero attached hydrogens (tertiary/aromatic N) is 1. The van der Waals surface area contributed by atoms with E-state index in [-0.39, 0.29) is 24.1 Å². The van der Waals surface area contributed by atoms with Crippen LogP contribution in [0.2, 0.25) is 0 Å². The summed E-state index contributed by atoms with van der Waals surface area (Å²) in [4.78, 5) is 18.8. The van der Waals surface area contributed by atoms with Crippen LogP contribution in [0.4, 0.5) is 4.79 Å². The Morgan fingerprint density at radius 2 is 1.89 bits per heavy atom. The third-order valence-electron chi connectivity index (χ3n) is 6.52. The number of benzene rings is 2. The molecule has 3 aromatic rings. The van der Waals surface area contributed by atoms with E-state index < -0.39 is 0 Å². The van der Waals surface area contributed by atoms with E-state index in [1.165, 1.54) is 5.56 Å². The molecule has 182 valence electrons. The number of aromatic nitrogens is 1. The molecule has 2 aromatic carbocycles. The highest BCUT2D eigenvalue weighted by atomic mass is 35.5. The summed E-state index contributed by atoms with van der Waals surface area (Å²) in [5, 5.41) is 11.2. The van der Waals surface area contributed by atoms with Crippen LogP contribution in [0.25, 0.3) is 12.2 Å². The molecule has 0 radical (unpaired) electrons. The molecule has 1 unspecified atom stereocenters. The number of hydrogen-bond acceptors (Lipinski definition) is 4. The van der Waals surface area contributed by atoms with Crippen molar-refractivity contribution in [2.24, 2.45) is 0 Å². The molecule has 2 aliphatic rings. The van der Waals surface area contributed by atoms with Crippen LogP contribution in [0.5, 0.6) is 11.5 Å². The largest absolute Gasteiger partial charge is 0.494 e. The molecular weight excluding hydrogens is 464 g/mol. The van der Waals surface area contributed by atoms with Gasteiger partial charge < -0.3 is 19.6 Å². The minimum atomic E-state index is -0.386. The average molecular weight is 493 g/mol. The normalized spacial score (nSPS) is 18.7. The van der Waals surface area contributed by atoms with E-state index in [1.54, 1.807) is 4.90 Å². The fraction of sp³-hybridized carbons (Fsp3) is 0.321. The van der Waals surface area contributed by atoms with Crippen LogP contribution in [-0.2, 0) is 6.42 Å². The van der Waals surface area contributed by atoms with Crippen molar-refractivity contribution in [1.82, 2.24) is 9.88 Å². The quantitative estimate of drug-likeness (QED) is 0.405. The molecule has 0 spiro atoms. The monoisotopic (exact) mass is 492 g/mol. The second-order valence-electron chi connectivity index (χ2n) is 8.99. The van der Waals surface area contributed by atoms with Crippen LogP contribution < -0.4 is 20.0 Å². The fourth-order valence-corrected chi connectivity index (χ4v) is 4.97. The van der Waals surface area contributed by atoms with E-state index in [2.05, 4.69) is 17.1 Å². The standard InChI is InChI=1S/C28H29ClN2O4/c1-18-3-8-22(9-4-18)35-28(33)31-14-13-23-24-17-20(29)7-12-25(24)30-26(23)27(31)19-5-10-21(11-6-19)34-16-2-15-32/h3-6,8-12,17,20,27,30,32H,2,7,13-16H2,1H3/t20?,27-/m0/s1. The Labute approximate surface area is 209 Å². The zero-order valence-electron chi connectivity index (χ0n) is 19.7. The van der Waals surface area contributed by atoms with Crippen molar-refractivity contribution < 1.29 is 19.4 Å². The van der Waals surface area contributed by atoms with Crippen molar-refractivity contribution in [3.05, 3.63) is 81.5 Å². The lowest BCUT2D eigenvalue weighted by Gasteiger charge is -2.35. The van der Waals surface area contributed by atoms with Crippen molar-refractivity contribution >= 4 is 29.8 Å². The van der Waals surface area contributed by atoms with Gasteiger partial charge in [0.15, 0.2) is 0 Å². The third-order valence-corrected chi connectivity index (χ3v) is 6.82. The summed E-state index contributed by atoms with van der Waals surface area (Å²) in [7, 11) is 0. The third kappa shape index (κ3) is 4.95. The number of alkyl halides is 1. The van der Waals surface area contributed by atoms with Gasteiger partial charge in [-0.2, -0.15) is 0 Å². The summed E-state index contributed by atoms with van der Waals surface area (Å²) < 4.78 is 11.5. The molecule has 1 aliphatic carbocycles. The van der Waals surface area contributed by atoms with Crippen LogP contribution in [0.1, 0.15) is 41.3 Å². The number of halogens is 1. The van der Waals surface area contributed by atoms with E-state index in [1.807, 2.05) is 55.5 Å². The molecule has 1 amide bonds. The smallest absolute Gasteiger partial charge is 0.416 e. The van der Waals surface area contributed by atoms with Crippen LogP contribution in [0.3, 0.4) is 0 Å². The van der Waals surface area contributed by atoms with Gasteiger partial charge in [-0.05, 0) is 55.2 Å². The molecule has 1 aromatic heterocycles. The van der Waals surface area contributed by atoms with E-state index in [0.29, 0.717) is 25.3 Å². The first kappa shape index (κ1) is 23.5. The van der Waals surface area contributed by atoms with Crippen molar-refractivity contribution in [2.75, 3.05) is 19.8 Å². The SMILES string of the molecule is Cc1ccc(OC(=O)N2CCc3c([nH]c4c3=CC(Cl)CC=4)[C@@H]2c2ccc(OCCCO)cc2)cc1. The molecule has 0 fully saturated rings. The molecule has 7 heteroatoms. The highest BCUT2D eigenvalue weighted by Crippen LogP contribution is 2.34. The number of nitrogens with one attached hydrogen (secondary N) is 1. The first-order valence-electron chi connectivity index (χ1n) is 12.0. The lowest BCUT2D eigenvalue weighted by Crippen LogP contribution is -2.43.